The Morgan fingerprint density at radius 2 is 1.38 bits per heavy atom. The molecule has 0 aromatic carbocycles. The first-order valence-corrected chi connectivity index (χ1v) is 5.91. The van der Waals surface area contributed by atoms with E-state index in [9.17, 15) is 0 Å². The van der Waals surface area contributed by atoms with Gasteiger partial charge >= 0.3 is 9.05 Å². The van der Waals surface area contributed by atoms with Crippen molar-refractivity contribution < 1.29 is 23.3 Å². The smallest absolute Gasteiger partial charge is 0.368 e. The highest BCUT2D eigenvalue weighted by molar-refractivity contribution is 6.48. The maximum atomic E-state index is 8.18. The van der Waals surface area contributed by atoms with Crippen molar-refractivity contribution in [3.63, 3.8) is 0 Å². The zero-order chi connectivity index (χ0) is 11.1. The first-order chi connectivity index (χ1) is 5.56. The number of nitrogens with zero attached hydrogens (tertiary/aromatic N) is 1. The van der Waals surface area contributed by atoms with E-state index in [0.717, 1.165) is 4.48 Å². The summed E-state index contributed by atoms with van der Waals surface area (Å²) in [4.78, 5) is 24.5. The molecule has 0 aliphatic carbocycles. The molecule has 0 spiro atoms. The van der Waals surface area contributed by atoms with Gasteiger partial charge in [-0.05, 0) is 6.42 Å². The van der Waals surface area contributed by atoms with Gasteiger partial charge in [0.1, 0.15) is 0 Å². The van der Waals surface area contributed by atoms with Gasteiger partial charge in [0.15, 0.2) is 0 Å². The van der Waals surface area contributed by atoms with Gasteiger partial charge in [0, 0.05) is 6.61 Å². The SMILES string of the molecule is CCCO[Si](O)(O)O.C[N+](C)(C)C. The Bertz CT molecular complexity index is 113. The topological polar surface area (TPSA) is 69.9 Å². The highest BCUT2D eigenvalue weighted by Crippen LogP contribution is 1.89. The van der Waals surface area contributed by atoms with Crippen LogP contribution < -0.4 is 0 Å². The minimum Gasteiger partial charge on any atom is -0.368 e. The highest BCUT2D eigenvalue weighted by atomic mass is 28.4. The second-order valence-corrected chi connectivity index (χ2v) is 5.54. The minimum atomic E-state index is -4.18. The van der Waals surface area contributed by atoms with Crippen molar-refractivity contribution in [1.29, 1.82) is 0 Å². The summed E-state index contributed by atoms with van der Waals surface area (Å²) in [6.45, 7) is 2.00. The van der Waals surface area contributed by atoms with Crippen LogP contribution in [0.1, 0.15) is 13.3 Å². The zero-order valence-electron chi connectivity index (χ0n) is 9.11. The van der Waals surface area contributed by atoms with E-state index in [1.54, 1.807) is 6.92 Å². The van der Waals surface area contributed by atoms with E-state index < -0.39 is 9.05 Å². The third kappa shape index (κ3) is 47.9. The van der Waals surface area contributed by atoms with Gasteiger partial charge in [-0.2, -0.15) is 0 Å². The fourth-order valence-corrected chi connectivity index (χ4v) is 0.717. The highest BCUT2D eigenvalue weighted by Gasteiger charge is 2.29. The van der Waals surface area contributed by atoms with Crippen LogP contribution in [0.4, 0.5) is 0 Å². The number of quaternary nitrogens is 1. The number of hydrogen-bond donors (Lipinski definition) is 3. The van der Waals surface area contributed by atoms with E-state index in [4.69, 9.17) is 14.4 Å². The van der Waals surface area contributed by atoms with Crippen molar-refractivity contribution in [2.75, 3.05) is 34.8 Å². The molecule has 0 radical (unpaired) electrons. The summed E-state index contributed by atoms with van der Waals surface area (Å²) in [6, 6.07) is 0. The standard InChI is InChI=1S/C4H12N.C3H10O4Si/c1-5(2,3)4;1-2-3-7-8(4,5)6/h1-4H3;4-6H,2-3H2,1H3/q+1;. The molecule has 0 atom stereocenters. The Morgan fingerprint density at radius 3 is 1.46 bits per heavy atom. The summed E-state index contributed by atoms with van der Waals surface area (Å²) in [5, 5.41) is 0. The van der Waals surface area contributed by atoms with Crippen LogP contribution in [0, 0.1) is 0 Å². The molecule has 0 aromatic rings. The summed E-state index contributed by atoms with van der Waals surface area (Å²) in [6.07, 6.45) is 0.663. The van der Waals surface area contributed by atoms with Gasteiger partial charge in [0.05, 0.1) is 28.2 Å². The van der Waals surface area contributed by atoms with E-state index in [1.165, 1.54) is 0 Å². The molecule has 0 fully saturated rings. The van der Waals surface area contributed by atoms with Gasteiger partial charge in [0.25, 0.3) is 0 Å². The molecular weight excluding hydrogens is 190 g/mol. The van der Waals surface area contributed by atoms with Crippen LogP contribution in [0.25, 0.3) is 0 Å². The molecule has 0 aliphatic heterocycles. The average molecular weight is 212 g/mol. The summed E-state index contributed by atoms with van der Waals surface area (Å²) in [5.74, 6) is 0. The Kier molecular flexibility index (Phi) is 7.71. The van der Waals surface area contributed by atoms with Gasteiger partial charge in [0.2, 0.25) is 0 Å². The van der Waals surface area contributed by atoms with Crippen LogP contribution in [0.15, 0.2) is 0 Å². The van der Waals surface area contributed by atoms with Crippen molar-refractivity contribution in [3.8, 4) is 0 Å². The Morgan fingerprint density at radius 1 is 1.08 bits per heavy atom. The molecule has 5 nitrogen and oxygen atoms in total. The maximum Gasteiger partial charge on any atom is 0.671 e. The van der Waals surface area contributed by atoms with Crippen molar-refractivity contribution in [2.45, 2.75) is 13.3 Å². The van der Waals surface area contributed by atoms with Crippen LogP contribution in [-0.2, 0) is 4.43 Å². The van der Waals surface area contributed by atoms with E-state index in [1.807, 2.05) is 0 Å². The van der Waals surface area contributed by atoms with Crippen molar-refractivity contribution in [3.05, 3.63) is 0 Å². The predicted molar refractivity (Wildman–Crippen MR) is 52.6 cm³/mol. The van der Waals surface area contributed by atoms with Crippen molar-refractivity contribution in [2.24, 2.45) is 0 Å². The van der Waals surface area contributed by atoms with Crippen LogP contribution in [0.3, 0.4) is 0 Å². The lowest BCUT2D eigenvalue weighted by atomic mass is 10.5. The van der Waals surface area contributed by atoms with Crippen LogP contribution in [0.2, 0.25) is 0 Å². The molecular formula is C7H22NO4Si+. The van der Waals surface area contributed by atoms with Gasteiger partial charge in [-0.25, -0.2) is 0 Å². The second-order valence-electron chi connectivity index (χ2n) is 4.11. The van der Waals surface area contributed by atoms with Gasteiger partial charge in [-0.1, -0.05) is 6.92 Å². The van der Waals surface area contributed by atoms with Crippen molar-refractivity contribution in [1.82, 2.24) is 0 Å². The summed E-state index contributed by atoms with van der Waals surface area (Å²) >= 11 is 0. The Balaban J connectivity index is 0. The Labute approximate surface area is 81.3 Å². The lowest BCUT2D eigenvalue weighted by Gasteiger charge is -2.14. The lowest BCUT2D eigenvalue weighted by Crippen LogP contribution is -2.39. The monoisotopic (exact) mass is 212 g/mol. The zero-order valence-corrected chi connectivity index (χ0v) is 10.1. The van der Waals surface area contributed by atoms with Crippen LogP contribution in [-0.4, -0.2) is 62.7 Å². The first kappa shape index (κ1) is 15.5. The quantitative estimate of drug-likeness (QED) is 0.421. The predicted octanol–water partition coefficient (Wildman–Crippen LogP) is -0.852. The van der Waals surface area contributed by atoms with E-state index >= 15 is 0 Å². The van der Waals surface area contributed by atoms with E-state index in [2.05, 4.69) is 32.6 Å². The third-order valence-corrected chi connectivity index (χ3v) is 1.09. The molecule has 0 saturated heterocycles. The molecule has 13 heavy (non-hydrogen) atoms. The molecule has 82 valence electrons. The minimum absolute atomic E-state index is 0.190. The molecule has 0 aliphatic rings. The lowest BCUT2D eigenvalue weighted by molar-refractivity contribution is -0.849. The molecule has 0 unspecified atom stereocenters. The summed E-state index contributed by atoms with van der Waals surface area (Å²) in [7, 11) is 4.32. The van der Waals surface area contributed by atoms with E-state index in [-0.39, 0.29) is 6.61 Å². The third-order valence-electron chi connectivity index (χ3n) is 0.500. The van der Waals surface area contributed by atoms with Crippen LogP contribution >= 0.6 is 0 Å². The number of hydrogen-bond acceptors (Lipinski definition) is 4. The largest absolute Gasteiger partial charge is 0.671 e. The van der Waals surface area contributed by atoms with Crippen molar-refractivity contribution >= 4 is 9.05 Å². The molecule has 0 aromatic heterocycles. The van der Waals surface area contributed by atoms with Gasteiger partial charge in [-0.3, -0.25) is 0 Å². The normalized spacial score (nSPS) is 12.0. The average Bonchev–Trinajstić information content (AvgIpc) is 1.77. The fourth-order valence-electron chi connectivity index (χ4n) is 0.239. The summed E-state index contributed by atoms with van der Waals surface area (Å²) in [5.41, 5.74) is 0. The molecule has 3 N–H and O–H groups in total. The summed E-state index contributed by atoms with van der Waals surface area (Å²) < 4.78 is 5.18. The second kappa shape index (κ2) is 6.47. The first-order valence-electron chi connectivity index (χ1n) is 4.16. The van der Waals surface area contributed by atoms with Gasteiger partial charge in [-0.15, -0.1) is 0 Å². The number of rotatable bonds is 3. The maximum absolute atomic E-state index is 8.18. The molecule has 0 heterocycles. The van der Waals surface area contributed by atoms with Crippen LogP contribution in [0.5, 0.6) is 0 Å². The molecule has 6 heteroatoms. The van der Waals surface area contributed by atoms with Gasteiger partial charge < -0.3 is 23.3 Å². The fraction of sp³-hybridized carbons (Fsp3) is 1.00. The molecule has 0 bridgehead atoms. The molecule has 0 saturated carbocycles. The van der Waals surface area contributed by atoms with E-state index in [0.29, 0.717) is 6.42 Å². The molecule has 0 rings (SSSR count). The Hall–Kier alpha value is 0.0169. The molecule has 0 amide bonds.